The van der Waals surface area contributed by atoms with Crippen LogP contribution >= 0.6 is 11.8 Å². The number of carbonyl (C=O) groups excluding carboxylic acids is 2. The fourth-order valence-corrected chi connectivity index (χ4v) is 4.37. The zero-order valence-corrected chi connectivity index (χ0v) is 18.6. The number of imide groups is 1. The number of aliphatic carboxylic acids is 1. The van der Waals surface area contributed by atoms with E-state index in [4.69, 9.17) is 14.6 Å². The number of nitrogens with zero attached hydrogens (tertiary/aromatic N) is 1. The molecule has 3 aromatic carbocycles. The number of carbonyl (C=O) groups is 3. The number of hydrogen-bond donors (Lipinski definition) is 1. The van der Waals surface area contributed by atoms with E-state index >= 15 is 0 Å². The topological polar surface area (TPSA) is 93.1 Å². The molecule has 1 fully saturated rings. The number of carboxylic acid groups (broad SMARTS) is 1. The lowest BCUT2D eigenvalue weighted by Gasteiger charge is -2.14. The molecule has 0 aromatic heterocycles. The minimum absolute atomic E-state index is 0.190. The van der Waals surface area contributed by atoms with Crippen LogP contribution in [0.5, 0.6) is 11.5 Å². The molecule has 0 saturated carbocycles. The maximum absolute atomic E-state index is 13.0. The van der Waals surface area contributed by atoms with Gasteiger partial charge in [0.15, 0.2) is 18.1 Å². The van der Waals surface area contributed by atoms with Crippen LogP contribution in [0.3, 0.4) is 0 Å². The number of carboxylic acids is 1. The number of benzene rings is 3. The van der Waals surface area contributed by atoms with E-state index in [0.717, 1.165) is 28.1 Å². The van der Waals surface area contributed by atoms with Gasteiger partial charge in [-0.15, -0.1) is 0 Å². The van der Waals surface area contributed by atoms with E-state index < -0.39 is 12.6 Å². The molecule has 0 unspecified atom stereocenters. The van der Waals surface area contributed by atoms with Crippen LogP contribution in [0.2, 0.25) is 0 Å². The van der Waals surface area contributed by atoms with Crippen molar-refractivity contribution in [2.45, 2.75) is 13.5 Å². The van der Waals surface area contributed by atoms with Gasteiger partial charge in [-0.1, -0.05) is 48.5 Å². The Balaban J connectivity index is 1.57. The molecule has 0 aliphatic carbocycles. The summed E-state index contributed by atoms with van der Waals surface area (Å²) in [5.41, 5.74) is 1.53. The Hall–Kier alpha value is -3.78. The van der Waals surface area contributed by atoms with Crippen molar-refractivity contribution in [2.24, 2.45) is 0 Å². The lowest BCUT2D eigenvalue weighted by atomic mass is 10.0. The van der Waals surface area contributed by atoms with Crippen LogP contribution in [0.15, 0.2) is 65.6 Å². The van der Waals surface area contributed by atoms with E-state index in [9.17, 15) is 14.4 Å². The fraction of sp³-hybridized carbons (Fsp3) is 0.160. The van der Waals surface area contributed by atoms with Gasteiger partial charge in [-0.2, -0.15) is 0 Å². The van der Waals surface area contributed by atoms with E-state index in [1.807, 2.05) is 42.5 Å². The van der Waals surface area contributed by atoms with E-state index in [2.05, 4.69) is 0 Å². The van der Waals surface area contributed by atoms with Gasteiger partial charge in [-0.05, 0) is 58.8 Å². The molecule has 1 heterocycles. The zero-order valence-electron chi connectivity index (χ0n) is 17.8. The minimum Gasteiger partial charge on any atom is -0.490 e. The average Bonchev–Trinajstić information content (AvgIpc) is 3.06. The lowest BCUT2D eigenvalue weighted by Crippen LogP contribution is -2.27. The molecule has 1 N–H and O–H groups in total. The summed E-state index contributed by atoms with van der Waals surface area (Å²) in [4.78, 5) is 38.0. The summed E-state index contributed by atoms with van der Waals surface area (Å²) in [6.45, 7) is 1.85. The van der Waals surface area contributed by atoms with Gasteiger partial charge in [0.2, 0.25) is 0 Å². The van der Waals surface area contributed by atoms with E-state index in [1.165, 1.54) is 4.90 Å². The molecule has 1 aliphatic heterocycles. The van der Waals surface area contributed by atoms with Crippen LogP contribution in [-0.4, -0.2) is 40.3 Å². The van der Waals surface area contributed by atoms with E-state index in [0.29, 0.717) is 28.6 Å². The normalized spacial score (nSPS) is 14.8. The summed E-state index contributed by atoms with van der Waals surface area (Å²) in [5, 5.41) is 10.6. The Kier molecular flexibility index (Phi) is 6.65. The number of ether oxygens (including phenoxy) is 2. The Labute approximate surface area is 194 Å². The summed E-state index contributed by atoms with van der Waals surface area (Å²) in [6, 6.07) is 18.6. The molecule has 8 heteroatoms. The van der Waals surface area contributed by atoms with Crippen molar-refractivity contribution >= 4 is 45.7 Å². The molecular weight excluding hydrogens is 442 g/mol. The zero-order chi connectivity index (χ0) is 23.4. The van der Waals surface area contributed by atoms with Gasteiger partial charge in [0.1, 0.15) is 0 Å². The van der Waals surface area contributed by atoms with Crippen LogP contribution in [0.4, 0.5) is 4.79 Å². The number of hydrogen-bond acceptors (Lipinski definition) is 6. The van der Waals surface area contributed by atoms with Gasteiger partial charge in [0, 0.05) is 0 Å². The molecule has 2 amide bonds. The molecule has 0 radical (unpaired) electrons. The molecule has 4 rings (SSSR count). The number of amides is 2. The summed E-state index contributed by atoms with van der Waals surface area (Å²) < 4.78 is 10.8. The second-order valence-corrected chi connectivity index (χ2v) is 8.22. The summed E-state index contributed by atoms with van der Waals surface area (Å²) in [7, 11) is 0. The van der Waals surface area contributed by atoms with Crippen LogP contribution in [0.25, 0.3) is 16.8 Å². The van der Waals surface area contributed by atoms with Crippen LogP contribution in [0, 0.1) is 0 Å². The molecule has 7 nitrogen and oxygen atoms in total. The molecule has 3 aromatic rings. The Morgan fingerprint density at radius 1 is 1.03 bits per heavy atom. The summed E-state index contributed by atoms with van der Waals surface area (Å²) in [5.74, 6) is -0.800. The van der Waals surface area contributed by atoms with Crippen molar-refractivity contribution in [1.82, 2.24) is 4.90 Å². The first kappa shape index (κ1) is 22.4. The van der Waals surface area contributed by atoms with Crippen molar-refractivity contribution in [2.75, 3.05) is 13.2 Å². The smallest absolute Gasteiger partial charge is 0.341 e. The third kappa shape index (κ3) is 5.01. The first-order valence-electron chi connectivity index (χ1n) is 10.3. The minimum atomic E-state index is -1.10. The lowest BCUT2D eigenvalue weighted by molar-refractivity contribution is -0.139. The average molecular weight is 464 g/mol. The fourth-order valence-electron chi connectivity index (χ4n) is 3.53. The van der Waals surface area contributed by atoms with E-state index in [1.54, 1.807) is 31.2 Å². The molecule has 0 spiro atoms. The molecule has 0 bridgehead atoms. The largest absolute Gasteiger partial charge is 0.490 e. The number of rotatable bonds is 8. The molecule has 168 valence electrons. The van der Waals surface area contributed by atoms with Crippen LogP contribution in [0.1, 0.15) is 18.1 Å². The van der Waals surface area contributed by atoms with Crippen molar-refractivity contribution in [3.05, 3.63) is 76.7 Å². The Morgan fingerprint density at radius 2 is 1.82 bits per heavy atom. The summed E-state index contributed by atoms with van der Waals surface area (Å²) >= 11 is 0.888. The molecular formula is C25H21NO6S. The Bertz CT molecular complexity index is 1260. The number of fused-ring (bicyclic) bond motifs is 1. The van der Waals surface area contributed by atoms with Gasteiger partial charge in [0.05, 0.1) is 18.1 Å². The van der Waals surface area contributed by atoms with E-state index in [-0.39, 0.29) is 17.7 Å². The first-order chi connectivity index (χ1) is 16.0. The van der Waals surface area contributed by atoms with Gasteiger partial charge in [-0.3, -0.25) is 14.5 Å². The predicted octanol–water partition coefficient (Wildman–Crippen LogP) is 4.94. The quantitative estimate of drug-likeness (QED) is 0.473. The summed E-state index contributed by atoms with van der Waals surface area (Å²) in [6.07, 6.45) is 1.62. The van der Waals surface area contributed by atoms with Crippen LogP contribution in [-0.2, 0) is 16.1 Å². The Morgan fingerprint density at radius 3 is 2.61 bits per heavy atom. The predicted molar refractivity (Wildman–Crippen MR) is 126 cm³/mol. The maximum Gasteiger partial charge on any atom is 0.341 e. The van der Waals surface area contributed by atoms with Crippen molar-refractivity contribution in [3.8, 4) is 11.5 Å². The molecule has 1 aliphatic rings. The molecule has 1 saturated heterocycles. The highest BCUT2D eigenvalue weighted by Crippen LogP contribution is 2.36. The molecule has 0 atom stereocenters. The third-order valence-electron chi connectivity index (χ3n) is 5.00. The maximum atomic E-state index is 13.0. The highest BCUT2D eigenvalue weighted by Gasteiger charge is 2.35. The van der Waals surface area contributed by atoms with Gasteiger partial charge < -0.3 is 14.6 Å². The van der Waals surface area contributed by atoms with Gasteiger partial charge in [-0.25, -0.2) is 4.79 Å². The van der Waals surface area contributed by atoms with Crippen molar-refractivity contribution in [3.63, 3.8) is 0 Å². The third-order valence-corrected chi connectivity index (χ3v) is 5.91. The number of thioether (sulfide) groups is 1. The van der Waals surface area contributed by atoms with Crippen molar-refractivity contribution < 1.29 is 29.0 Å². The van der Waals surface area contributed by atoms with Crippen molar-refractivity contribution in [1.29, 1.82) is 0 Å². The van der Waals surface area contributed by atoms with Gasteiger partial charge in [0.25, 0.3) is 11.1 Å². The van der Waals surface area contributed by atoms with Crippen LogP contribution < -0.4 is 9.47 Å². The second-order valence-electron chi connectivity index (χ2n) is 7.23. The first-order valence-corrected chi connectivity index (χ1v) is 11.1. The SMILES string of the molecule is CCOc1cc(/C=C2/SC(=O)N(Cc3cccc4ccccc34)C2=O)ccc1OCC(=O)O. The highest BCUT2D eigenvalue weighted by molar-refractivity contribution is 8.18. The molecule has 33 heavy (non-hydrogen) atoms. The highest BCUT2D eigenvalue weighted by atomic mass is 32.2. The monoisotopic (exact) mass is 463 g/mol. The second kappa shape index (κ2) is 9.79. The van der Waals surface area contributed by atoms with Gasteiger partial charge >= 0.3 is 5.97 Å². The standard InChI is InChI=1S/C25H21NO6S/c1-2-31-21-12-16(10-11-20(21)32-15-23(27)28)13-22-24(29)26(25(30)33-22)14-18-8-5-7-17-6-3-4-9-19(17)18/h3-13H,2,14-15H2,1H3,(H,27,28)/b22-13+.